The van der Waals surface area contributed by atoms with Crippen molar-refractivity contribution < 1.29 is 4.79 Å². The van der Waals surface area contributed by atoms with Gasteiger partial charge in [0.2, 0.25) is 5.91 Å². The number of halogens is 1. The van der Waals surface area contributed by atoms with E-state index in [1.807, 2.05) is 4.90 Å². The van der Waals surface area contributed by atoms with Gasteiger partial charge in [-0.1, -0.05) is 52.4 Å². The minimum Gasteiger partial charge on any atom is -0.341 e. The van der Waals surface area contributed by atoms with Gasteiger partial charge in [-0.3, -0.25) is 4.79 Å². The number of amides is 1. The van der Waals surface area contributed by atoms with E-state index >= 15 is 0 Å². The van der Waals surface area contributed by atoms with Crippen molar-refractivity contribution >= 4 is 17.5 Å². The zero-order valence-corrected chi connectivity index (χ0v) is 13.4. The van der Waals surface area contributed by atoms with Gasteiger partial charge in [-0.25, -0.2) is 0 Å². The lowest BCUT2D eigenvalue weighted by Gasteiger charge is -2.34. The van der Waals surface area contributed by atoms with Crippen LogP contribution in [0.4, 0.5) is 0 Å². The molecule has 1 aliphatic heterocycles. The fourth-order valence-corrected chi connectivity index (χ4v) is 2.93. The highest BCUT2D eigenvalue weighted by Gasteiger charge is 2.26. The Morgan fingerprint density at radius 1 is 1.16 bits per heavy atom. The Morgan fingerprint density at radius 3 is 2.42 bits per heavy atom. The standard InChI is InChI=1S/C16H30ClNO/c1-3-4-5-6-7-8-9-10-16(19)18-12-11-14(2)15(17)13-18/h14-15H,3-13H2,1-2H3. The van der Waals surface area contributed by atoms with E-state index in [2.05, 4.69) is 13.8 Å². The molecule has 1 fully saturated rings. The molecule has 0 aromatic carbocycles. The molecule has 0 saturated carbocycles. The lowest BCUT2D eigenvalue weighted by atomic mass is 9.98. The second kappa shape index (κ2) is 9.63. The molecule has 0 aromatic heterocycles. The van der Waals surface area contributed by atoms with Crippen LogP contribution < -0.4 is 0 Å². The monoisotopic (exact) mass is 287 g/mol. The van der Waals surface area contributed by atoms with Crippen LogP contribution in [-0.2, 0) is 4.79 Å². The number of carbonyl (C=O) groups is 1. The fraction of sp³-hybridized carbons (Fsp3) is 0.938. The smallest absolute Gasteiger partial charge is 0.222 e. The highest BCUT2D eigenvalue weighted by Crippen LogP contribution is 2.22. The van der Waals surface area contributed by atoms with Crippen molar-refractivity contribution in [2.75, 3.05) is 13.1 Å². The predicted octanol–water partition coefficient (Wildman–Crippen LogP) is 4.60. The van der Waals surface area contributed by atoms with E-state index in [4.69, 9.17) is 11.6 Å². The maximum absolute atomic E-state index is 12.1. The van der Waals surface area contributed by atoms with Crippen molar-refractivity contribution in [3.8, 4) is 0 Å². The van der Waals surface area contributed by atoms with Gasteiger partial charge < -0.3 is 4.90 Å². The summed E-state index contributed by atoms with van der Waals surface area (Å²) in [6.07, 6.45) is 10.6. The number of hydrogen-bond donors (Lipinski definition) is 0. The molecular weight excluding hydrogens is 258 g/mol. The largest absolute Gasteiger partial charge is 0.341 e. The molecular formula is C16H30ClNO. The summed E-state index contributed by atoms with van der Waals surface area (Å²) in [5.41, 5.74) is 0. The van der Waals surface area contributed by atoms with E-state index in [1.165, 1.54) is 38.5 Å². The molecule has 1 aliphatic rings. The van der Waals surface area contributed by atoms with Crippen LogP contribution in [0.3, 0.4) is 0 Å². The number of rotatable bonds is 8. The average Bonchev–Trinajstić information content (AvgIpc) is 2.40. The zero-order chi connectivity index (χ0) is 14.1. The molecule has 1 saturated heterocycles. The van der Waals surface area contributed by atoms with Crippen LogP contribution in [0.15, 0.2) is 0 Å². The number of nitrogens with zero attached hydrogens (tertiary/aromatic N) is 1. The topological polar surface area (TPSA) is 20.3 Å². The molecule has 2 unspecified atom stereocenters. The normalized spacial score (nSPS) is 23.6. The van der Waals surface area contributed by atoms with E-state index < -0.39 is 0 Å². The van der Waals surface area contributed by atoms with Crippen molar-refractivity contribution in [2.45, 2.75) is 77.0 Å². The van der Waals surface area contributed by atoms with Crippen LogP contribution >= 0.6 is 11.6 Å². The predicted molar refractivity (Wildman–Crippen MR) is 82.6 cm³/mol. The lowest BCUT2D eigenvalue weighted by molar-refractivity contribution is -0.132. The molecule has 112 valence electrons. The van der Waals surface area contributed by atoms with Crippen LogP contribution in [0.1, 0.15) is 71.6 Å². The van der Waals surface area contributed by atoms with Crippen LogP contribution in [0.5, 0.6) is 0 Å². The number of carbonyl (C=O) groups excluding carboxylic acids is 1. The van der Waals surface area contributed by atoms with Gasteiger partial charge in [0.1, 0.15) is 0 Å². The van der Waals surface area contributed by atoms with Gasteiger partial charge in [0.05, 0.1) is 5.38 Å². The minimum absolute atomic E-state index is 0.145. The molecule has 0 bridgehead atoms. The minimum atomic E-state index is 0.145. The molecule has 0 aromatic rings. The van der Waals surface area contributed by atoms with Crippen molar-refractivity contribution in [3.63, 3.8) is 0 Å². The van der Waals surface area contributed by atoms with Crippen LogP contribution in [0.2, 0.25) is 0 Å². The van der Waals surface area contributed by atoms with Crippen LogP contribution in [0, 0.1) is 5.92 Å². The number of hydrogen-bond acceptors (Lipinski definition) is 1. The number of unbranched alkanes of at least 4 members (excludes halogenated alkanes) is 6. The highest BCUT2D eigenvalue weighted by atomic mass is 35.5. The summed E-state index contributed by atoms with van der Waals surface area (Å²) in [4.78, 5) is 14.0. The van der Waals surface area contributed by atoms with Gasteiger partial charge >= 0.3 is 0 Å². The number of piperidine rings is 1. The summed E-state index contributed by atoms with van der Waals surface area (Å²) in [5.74, 6) is 0.857. The molecule has 19 heavy (non-hydrogen) atoms. The molecule has 1 rings (SSSR count). The number of alkyl halides is 1. The van der Waals surface area contributed by atoms with E-state index in [-0.39, 0.29) is 5.38 Å². The average molecular weight is 288 g/mol. The molecule has 0 N–H and O–H groups in total. The Balaban J connectivity index is 2.04. The zero-order valence-electron chi connectivity index (χ0n) is 12.7. The maximum Gasteiger partial charge on any atom is 0.222 e. The van der Waals surface area contributed by atoms with Gasteiger partial charge in [-0.2, -0.15) is 0 Å². The summed E-state index contributed by atoms with van der Waals surface area (Å²) in [5, 5.41) is 0.145. The molecule has 0 radical (unpaired) electrons. The van der Waals surface area contributed by atoms with Gasteiger partial charge in [-0.15, -0.1) is 11.6 Å². The second-order valence-corrected chi connectivity index (χ2v) is 6.55. The lowest BCUT2D eigenvalue weighted by Crippen LogP contribution is -2.43. The first-order valence-electron chi connectivity index (χ1n) is 8.07. The van der Waals surface area contributed by atoms with Crippen molar-refractivity contribution in [1.82, 2.24) is 4.90 Å². The molecule has 2 nitrogen and oxygen atoms in total. The fourth-order valence-electron chi connectivity index (χ4n) is 2.64. The first kappa shape index (κ1) is 16.8. The Morgan fingerprint density at radius 2 is 1.79 bits per heavy atom. The van der Waals surface area contributed by atoms with Crippen molar-refractivity contribution in [1.29, 1.82) is 0 Å². The Hall–Kier alpha value is -0.240. The summed E-state index contributed by atoms with van der Waals surface area (Å²) in [6.45, 7) is 6.07. The summed E-state index contributed by atoms with van der Waals surface area (Å²) >= 11 is 6.24. The van der Waals surface area contributed by atoms with Crippen molar-refractivity contribution in [2.24, 2.45) is 5.92 Å². The van der Waals surface area contributed by atoms with E-state index in [1.54, 1.807) is 0 Å². The molecule has 2 atom stereocenters. The van der Waals surface area contributed by atoms with Crippen LogP contribution in [-0.4, -0.2) is 29.3 Å². The maximum atomic E-state index is 12.1. The molecule has 1 amide bonds. The summed E-state index contributed by atoms with van der Waals surface area (Å²) in [7, 11) is 0. The van der Waals surface area contributed by atoms with Crippen LogP contribution in [0.25, 0.3) is 0 Å². The SMILES string of the molecule is CCCCCCCCCC(=O)N1CCC(C)C(Cl)C1. The van der Waals surface area contributed by atoms with Gasteiger partial charge in [0.15, 0.2) is 0 Å². The summed E-state index contributed by atoms with van der Waals surface area (Å²) < 4.78 is 0. The Labute approximate surface area is 123 Å². The third kappa shape index (κ3) is 6.65. The molecule has 1 heterocycles. The molecule has 0 aliphatic carbocycles. The second-order valence-electron chi connectivity index (χ2n) is 5.99. The number of likely N-dealkylation sites (tertiary alicyclic amines) is 1. The first-order valence-corrected chi connectivity index (χ1v) is 8.50. The highest BCUT2D eigenvalue weighted by molar-refractivity contribution is 6.21. The van der Waals surface area contributed by atoms with E-state index in [9.17, 15) is 4.79 Å². The van der Waals surface area contributed by atoms with E-state index in [0.29, 0.717) is 18.2 Å². The van der Waals surface area contributed by atoms with Gasteiger partial charge in [0.25, 0.3) is 0 Å². The molecule has 0 spiro atoms. The summed E-state index contributed by atoms with van der Waals surface area (Å²) in [6, 6.07) is 0. The Bertz CT molecular complexity index is 257. The van der Waals surface area contributed by atoms with Gasteiger partial charge in [-0.05, 0) is 18.8 Å². The Kier molecular flexibility index (Phi) is 8.52. The van der Waals surface area contributed by atoms with E-state index in [0.717, 1.165) is 25.9 Å². The third-order valence-electron chi connectivity index (χ3n) is 4.21. The van der Waals surface area contributed by atoms with Gasteiger partial charge in [0, 0.05) is 19.5 Å². The first-order chi connectivity index (χ1) is 9.15. The van der Waals surface area contributed by atoms with Crippen molar-refractivity contribution in [3.05, 3.63) is 0 Å². The quantitative estimate of drug-likeness (QED) is 0.472. The molecule has 3 heteroatoms. The third-order valence-corrected chi connectivity index (χ3v) is 4.78.